The number of phenolic OH excluding ortho intramolecular Hbond substituents is 1. The van der Waals surface area contributed by atoms with Crippen molar-refractivity contribution in [2.75, 3.05) is 0 Å². The number of esters is 1. The van der Waals surface area contributed by atoms with E-state index < -0.39 is 47.2 Å². The fourth-order valence-corrected chi connectivity index (χ4v) is 5.11. The average Bonchev–Trinajstić information content (AvgIpc) is 3.09. The lowest BCUT2D eigenvalue weighted by Gasteiger charge is -2.34. The Hall–Kier alpha value is -3.56. The second kappa shape index (κ2) is 9.72. The minimum atomic E-state index is -2.08. The van der Waals surface area contributed by atoms with Crippen molar-refractivity contribution in [1.82, 2.24) is 5.32 Å². The summed E-state index contributed by atoms with van der Waals surface area (Å²) in [7, 11) is 0. The molecule has 0 saturated carbocycles. The summed E-state index contributed by atoms with van der Waals surface area (Å²) < 4.78 is 5.39. The Labute approximate surface area is 214 Å². The molecular formula is C28H31NO8. The largest absolute Gasteiger partial charge is 0.507 e. The number of ether oxygens (including phenoxy) is 1. The fourth-order valence-electron chi connectivity index (χ4n) is 5.11. The minimum absolute atomic E-state index is 0.00512. The molecule has 196 valence electrons. The Morgan fingerprint density at radius 1 is 1.14 bits per heavy atom. The summed E-state index contributed by atoms with van der Waals surface area (Å²) in [5.41, 5.74) is -2.23. The van der Waals surface area contributed by atoms with Gasteiger partial charge in [0.1, 0.15) is 23.6 Å². The van der Waals surface area contributed by atoms with Crippen LogP contribution in [0.2, 0.25) is 0 Å². The third kappa shape index (κ3) is 4.42. The van der Waals surface area contributed by atoms with Crippen molar-refractivity contribution in [3.63, 3.8) is 0 Å². The van der Waals surface area contributed by atoms with Crippen molar-refractivity contribution in [2.45, 2.75) is 64.8 Å². The number of carbonyl (C=O) groups excluding carboxylic acids is 4. The quantitative estimate of drug-likeness (QED) is 0.333. The summed E-state index contributed by atoms with van der Waals surface area (Å²) in [5, 5.41) is 35.8. The number of cyclic esters (lactones) is 1. The van der Waals surface area contributed by atoms with Gasteiger partial charge in [0.25, 0.3) is 0 Å². The number of benzene rings is 1. The molecule has 0 unspecified atom stereocenters. The second-order valence-corrected chi connectivity index (χ2v) is 9.96. The highest BCUT2D eigenvalue weighted by Crippen LogP contribution is 2.49. The van der Waals surface area contributed by atoms with Gasteiger partial charge in [-0.25, -0.2) is 4.79 Å². The molecule has 4 N–H and O–H groups in total. The number of rotatable bonds is 1. The number of aromatic hydroxyl groups is 1. The summed E-state index contributed by atoms with van der Waals surface area (Å²) in [6, 6.07) is 1.39. The van der Waals surface area contributed by atoms with Crippen LogP contribution in [0, 0.1) is 18.8 Å². The van der Waals surface area contributed by atoms with E-state index in [9.17, 15) is 34.5 Å². The molecule has 4 bridgehead atoms. The van der Waals surface area contributed by atoms with Gasteiger partial charge in [-0.1, -0.05) is 25.2 Å². The van der Waals surface area contributed by atoms with Crippen LogP contribution in [-0.2, 0) is 19.9 Å². The fraction of sp³-hybridized carbons (Fsp3) is 0.429. The first-order valence-electron chi connectivity index (χ1n) is 12.4. The minimum Gasteiger partial charge on any atom is -0.507 e. The third-order valence-corrected chi connectivity index (χ3v) is 7.46. The van der Waals surface area contributed by atoms with Crippen molar-refractivity contribution in [2.24, 2.45) is 11.8 Å². The van der Waals surface area contributed by atoms with Crippen LogP contribution in [0.4, 0.5) is 0 Å². The average molecular weight is 510 g/mol. The van der Waals surface area contributed by atoms with Gasteiger partial charge in [0.2, 0.25) is 5.91 Å². The van der Waals surface area contributed by atoms with Crippen LogP contribution >= 0.6 is 0 Å². The van der Waals surface area contributed by atoms with Crippen LogP contribution in [0.5, 0.6) is 5.75 Å². The first kappa shape index (κ1) is 26.5. The molecule has 0 radical (unpaired) electrons. The van der Waals surface area contributed by atoms with Gasteiger partial charge >= 0.3 is 5.97 Å². The molecule has 1 aromatic rings. The summed E-state index contributed by atoms with van der Waals surface area (Å²) in [6.07, 6.45) is 4.60. The predicted octanol–water partition coefficient (Wildman–Crippen LogP) is 2.51. The molecule has 1 saturated heterocycles. The molecule has 1 aliphatic carbocycles. The normalized spacial score (nSPS) is 30.3. The molecule has 0 aromatic heterocycles. The number of carbonyl (C=O) groups is 4. The Morgan fingerprint density at radius 3 is 2.51 bits per heavy atom. The lowest BCUT2D eigenvalue weighted by atomic mass is 9.72. The highest BCUT2D eigenvalue weighted by atomic mass is 16.6. The maximum Gasteiger partial charge on any atom is 0.333 e. The van der Waals surface area contributed by atoms with E-state index in [4.69, 9.17) is 4.74 Å². The molecular weight excluding hydrogens is 478 g/mol. The SMILES string of the molecule is CC[C@@H]1C=C[C@H](O)[C@H](C)OC(=O)C(C)=C[C@@H]2C(=O)NC3=CC(=O)c4c(cc(C)c(O)c4C(=O)CC1)[C@@]32O. The Morgan fingerprint density at radius 2 is 1.84 bits per heavy atom. The summed E-state index contributed by atoms with van der Waals surface area (Å²) in [6.45, 7) is 6.42. The molecule has 2 aliphatic heterocycles. The summed E-state index contributed by atoms with van der Waals surface area (Å²) in [4.78, 5) is 52.4. The number of nitrogens with one attached hydrogen (secondary N) is 1. The zero-order valence-corrected chi connectivity index (χ0v) is 21.2. The van der Waals surface area contributed by atoms with Crippen LogP contribution in [0.1, 0.15) is 71.9 Å². The van der Waals surface area contributed by atoms with Crippen LogP contribution < -0.4 is 5.32 Å². The van der Waals surface area contributed by atoms with Gasteiger partial charge in [0.05, 0.1) is 17.2 Å². The van der Waals surface area contributed by atoms with Crippen LogP contribution in [-0.4, -0.2) is 51.0 Å². The number of aryl methyl sites for hydroxylation is 1. The van der Waals surface area contributed by atoms with E-state index in [1.54, 1.807) is 13.0 Å². The second-order valence-electron chi connectivity index (χ2n) is 9.96. The lowest BCUT2D eigenvalue weighted by Crippen LogP contribution is -2.39. The molecule has 1 fully saturated rings. The maximum atomic E-state index is 13.4. The molecule has 0 spiro atoms. The number of aliphatic hydroxyl groups excluding tert-OH is 1. The van der Waals surface area contributed by atoms with Gasteiger partial charge in [0.15, 0.2) is 11.6 Å². The van der Waals surface area contributed by atoms with Gasteiger partial charge in [-0.2, -0.15) is 0 Å². The topological polar surface area (TPSA) is 150 Å². The number of Topliss-reactive ketones (excluding diaryl/α,β-unsaturated/α-hetero) is 1. The first-order valence-corrected chi connectivity index (χ1v) is 12.4. The Bertz CT molecular complexity index is 1290. The van der Waals surface area contributed by atoms with E-state index in [1.165, 1.54) is 32.1 Å². The monoisotopic (exact) mass is 509 g/mol. The molecule has 9 heteroatoms. The molecule has 3 aliphatic rings. The molecule has 1 aromatic carbocycles. The lowest BCUT2D eigenvalue weighted by molar-refractivity contribution is -0.147. The van der Waals surface area contributed by atoms with E-state index in [1.807, 2.05) is 6.92 Å². The van der Waals surface area contributed by atoms with Crippen molar-refractivity contribution in [3.05, 3.63) is 63.9 Å². The van der Waals surface area contributed by atoms with E-state index >= 15 is 0 Å². The number of hydrogen-bond acceptors (Lipinski definition) is 8. The smallest absolute Gasteiger partial charge is 0.333 e. The zero-order valence-electron chi connectivity index (χ0n) is 21.2. The van der Waals surface area contributed by atoms with Crippen molar-refractivity contribution >= 4 is 23.4 Å². The number of ketones is 2. The molecule has 9 nitrogen and oxygen atoms in total. The molecule has 2 heterocycles. The number of aliphatic hydroxyl groups is 2. The molecule has 4 rings (SSSR count). The van der Waals surface area contributed by atoms with E-state index in [0.29, 0.717) is 12.8 Å². The summed E-state index contributed by atoms with van der Waals surface area (Å²) >= 11 is 0. The number of hydrogen-bond donors (Lipinski definition) is 4. The molecule has 37 heavy (non-hydrogen) atoms. The highest BCUT2D eigenvalue weighted by Gasteiger charge is 2.55. The van der Waals surface area contributed by atoms with Gasteiger partial charge in [-0.15, -0.1) is 0 Å². The molecule has 5 atom stereocenters. The number of amides is 1. The van der Waals surface area contributed by atoms with Crippen molar-refractivity contribution < 1.29 is 39.2 Å². The maximum absolute atomic E-state index is 13.4. The Balaban J connectivity index is 1.95. The molecule has 1 amide bonds. The predicted molar refractivity (Wildman–Crippen MR) is 133 cm³/mol. The van der Waals surface area contributed by atoms with E-state index in [-0.39, 0.29) is 51.6 Å². The van der Waals surface area contributed by atoms with Gasteiger partial charge in [-0.3, -0.25) is 14.4 Å². The summed E-state index contributed by atoms with van der Waals surface area (Å²) in [5.74, 6) is -4.33. The van der Waals surface area contributed by atoms with Gasteiger partial charge in [-0.05, 0) is 51.2 Å². The highest BCUT2D eigenvalue weighted by molar-refractivity contribution is 6.17. The first-order chi connectivity index (χ1) is 17.4. The third-order valence-electron chi connectivity index (χ3n) is 7.46. The number of phenols is 1. The van der Waals surface area contributed by atoms with E-state index in [0.717, 1.165) is 6.08 Å². The van der Waals surface area contributed by atoms with Crippen LogP contribution in [0.25, 0.3) is 0 Å². The van der Waals surface area contributed by atoms with Crippen LogP contribution in [0.3, 0.4) is 0 Å². The zero-order chi connectivity index (χ0) is 27.2. The number of allylic oxidation sites excluding steroid dienone is 2. The van der Waals surface area contributed by atoms with E-state index in [2.05, 4.69) is 5.32 Å². The van der Waals surface area contributed by atoms with Gasteiger partial charge < -0.3 is 25.4 Å². The van der Waals surface area contributed by atoms with Crippen molar-refractivity contribution in [3.8, 4) is 5.75 Å². The van der Waals surface area contributed by atoms with Crippen LogP contribution in [0.15, 0.2) is 41.6 Å². The Kier molecular flexibility index (Phi) is 6.96. The standard InChI is InChI=1S/C28H31NO8/c1-5-16-6-8-19(30)15(4)37-27(35)14(3)11-18-26(34)29-22-12-21(32)23-17(28(18,22)36)10-13(2)25(33)24(23)20(31)9-7-16/h6,8,10-12,15-16,18-19,30,33,36H,5,7,9H2,1-4H3,(H,29,34)/t15-,16+,18+,19-,28-/m0/s1. The van der Waals surface area contributed by atoms with Crippen molar-refractivity contribution in [1.29, 1.82) is 0 Å². The van der Waals surface area contributed by atoms with Gasteiger partial charge in [0, 0.05) is 29.2 Å².